The number of alkyl carbamates (subject to hydrolysis) is 1. The molecule has 1 aliphatic rings. The third kappa shape index (κ3) is 4.91. The van der Waals surface area contributed by atoms with Crippen molar-refractivity contribution in [1.82, 2.24) is 10.5 Å². The zero-order valence-electron chi connectivity index (χ0n) is 10.9. The van der Waals surface area contributed by atoms with Crippen molar-refractivity contribution in [3.63, 3.8) is 0 Å². The van der Waals surface area contributed by atoms with Crippen molar-refractivity contribution >= 4 is 12.1 Å². The maximum Gasteiger partial charge on any atom is 0.409 e. The molecule has 0 saturated carbocycles. The summed E-state index contributed by atoms with van der Waals surface area (Å²) in [5, 5.41) is 21.0. The lowest BCUT2D eigenvalue weighted by Gasteiger charge is -2.35. The van der Waals surface area contributed by atoms with E-state index in [9.17, 15) is 14.7 Å². The van der Waals surface area contributed by atoms with Gasteiger partial charge in [-0.3, -0.25) is 10.2 Å². The second-order valence-electron chi connectivity index (χ2n) is 4.17. The summed E-state index contributed by atoms with van der Waals surface area (Å²) in [6.07, 6.45) is -1.32. The average molecular weight is 298 g/mol. The van der Waals surface area contributed by atoms with Gasteiger partial charge in [-0.2, -0.15) is 0 Å². The predicted octanol–water partition coefficient (Wildman–Crippen LogP) is 0.208. The number of aromatic hydroxyl groups is 1. The van der Waals surface area contributed by atoms with E-state index in [0.29, 0.717) is 5.56 Å². The molecule has 9 heteroatoms. The van der Waals surface area contributed by atoms with Crippen LogP contribution in [0.25, 0.3) is 0 Å². The van der Waals surface area contributed by atoms with Crippen molar-refractivity contribution in [2.75, 3.05) is 13.2 Å². The van der Waals surface area contributed by atoms with Gasteiger partial charge < -0.3 is 14.9 Å². The Morgan fingerprint density at radius 1 is 1.48 bits per heavy atom. The molecule has 1 heterocycles. The van der Waals surface area contributed by atoms with Crippen molar-refractivity contribution in [2.24, 2.45) is 0 Å². The van der Waals surface area contributed by atoms with E-state index in [1.165, 1.54) is 12.1 Å². The highest BCUT2D eigenvalue weighted by atomic mass is 17.0. The summed E-state index contributed by atoms with van der Waals surface area (Å²) in [5.74, 6) is -1.04. The molecule has 1 fully saturated rings. The van der Waals surface area contributed by atoms with Crippen LogP contribution in [-0.2, 0) is 25.8 Å². The number of hydrogen-bond acceptors (Lipinski definition) is 7. The van der Waals surface area contributed by atoms with Gasteiger partial charge in [0.2, 0.25) is 0 Å². The minimum atomic E-state index is -1.12. The van der Waals surface area contributed by atoms with Crippen LogP contribution in [0, 0.1) is 0 Å². The number of carbonyl (C=O) groups is 2. The monoisotopic (exact) mass is 298 g/mol. The van der Waals surface area contributed by atoms with E-state index in [1.807, 2.05) is 0 Å². The van der Waals surface area contributed by atoms with Crippen LogP contribution in [0.2, 0.25) is 0 Å². The summed E-state index contributed by atoms with van der Waals surface area (Å²) in [6, 6.07) is 6.33. The third-order valence-corrected chi connectivity index (χ3v) is 2.45. The smallest absolute Gasteiger partial charge is 0.409 e. The SMILES string of the molecule is O=C(O)CON1C[C@@H](NC(=O)OCc2cccc(O)c2)O1. The fourth-order valence-corrected chi connectivity index (χ4v) is 1.52. The largest absolute Gasteiger partial charge is 0.508 e. The van der Waals surface area contributed by atoms with Gasteiger partial charge in [0, 0.05) is 0 Å². The van der Waals surface area contributed by atoms with E-state index in [2.05, 4.69) is 10.2 Å². The number of nitrogens with zero attached hydrogens (tertiary/aromatic N) is 1. The van der Waals surface area contributed by atoms with Crippen LogP contribution in [0.15, 0.2) is 24.3 Å². The van der Waals surface area contributed by atoms with Gasteiger partial charge in [-0.25, -0.2) is 14.4 Å². The van der Waals surface area contributed by atoms with Gasteiger partial charge in [-0.15, -0.1) is 0 Å². The molecule has 0 bridgehead atoms. The van der Waals surface area contributed by atoms with E-state index in [4.69, 9.17) is 14.7 Å². The lowest BCUT2D eigenvalue weighted by atomic mass is 10.2. The second-order valence-corrected chi connectivity index (χ2v) is 4.17. The Morgan fingerprint density at radius 2 is 2.24 bits per heavy atom. The van der Waals surface area contributed by atoms with E-state index in [-0.39, 0.29) is 18.9 Å². The van der Waals surface area contributed by atoms with Crippen molar-refractivity contribution in [2.45, 2.75) is 12.8 Å². The Hall–Kier alpha value is -2.36. The Bertz CT molecular complexity index is 516. The van der Waals surface area contributed by atoms with Gasteiger partial charge in [-0.05, 0) is 17.7 Å². The maximum absolute atomic E-state index is 11.4. The standard InChI is InChI=1S/C12H14N2O7/c15-9-3-1-2-8(4-9)6-19-12(18)13-10-5-14(21-10)20-7-11(16)17/h1-4,10,15H,5-7H2,(H,13,18)(H,16,17)/t10-/m0/s1. The Labute approximate surface area is 119 Å². The minimum Gasteiger partial charge on any atom is -0.508 e. The number of benzene rings is 1. The maximum atomic E-state index is 11.4. The highest BCUT2D eigenvalue weighted by Gasteiger charge is 2.31. The highest BCUT2D eigenvalue weighted by molar-refractivity contribution is 5.68. The number of ether oxygens (including phenoxy) is 1. The van der Waals surface area contributed by atoms with E-state index < -0.39 is 24.9 Å². The van der Waals surface area contributed by atoms with Crippen LogP contribution < -0.4 is 5.32 Å². The molecule has 0 unspecified atom stereocenters. The number of carboxylic acids is 1. The third-order valence-electron chi connectivity index (χ3n) is 2.45. The number of phenolic OH excluding ortho intramolecular Hbond substituents is 1. The van der Waals surface area contributed by atoms with Crippen LogP contribution in [0.4, 0.5) is 4.79 Å². The molecule has 0 radical (unpaired) electrons. The summed E-state index contributed by atoms with van der Waals surface area (Å²) in [6.45, 7) is -0.324. The lowest BCUT2D eigenvalue weighted by Crippen LogP contribution is -2.57. The van der Waals surface area contributed by atoms with Crippen molar-refractivity contribution in [3.05, 3.63) is 29.8 Å². The molecular weight excluding hydrogens is 284 g/mol. The molecule has 1 amide bonds. The summed E-state index contributed by atoms with van der Waals surface area (Å²) in [4.78, 5) is 31.3. The fourth-order valence-electron chi connectivity index (χ4n) is 1.52. The van der Waals surface area contributed by atoms with Crippen LogP contribution in [0.1, 0.15) is 5.56 Å². The molecule has 2 rings (SSSR count). The van der Waals surface area contributed by atoms with Crippen LogP contribution in [-0.4, -0.2) is 46.9 Å². The van der Waals surface area contributed by atoms with Gasteiger partial charge in [0.05, 0.1) is 6.54 Å². The number of amides is 1. The average Bonchev–Trinajstić information content (AvgIpc) is 2.38. The number of nitrogens with one attached hydrogen (secondary N) is 1. The molecule has 21 heavy (non-hydrogen) atoms. The molecule has 1 atom stereocenters. The molecule has 1 saturated heterocycles. The molecule has 1 aromatic carbocycles. The van der Waals surface area contributed by atoms with Gasteiger partial charge in [0.15, 0.2) is 12.8 Å². The molecule has 0 aromatic heterocycles. The Morgan fingerprint density at radius 3 is 2.90 bits per heavy atom. The van der Waals surface area contributed by atoms with Gasteiger partial charge >= 0.3 is 12.1 Å². The zero-order valence-corrected chi connectivity index (χ0v) is 10.9. The number of carboxylic acid groups (broad SMARTS) is 1. The first-order valence-corrected chi connectivity index (χ1v) is 6.03. The fraction of sp³-hybridized carbons (Fsp3) is 0.333. The number of hydrogen-bond donors (Lipinski definition) is 3. The van der Waals surface area contributed by atoms with Gasteiger partial charge in [-0.1, -0.05) is 17.4 Å². The minimum absolute atomic E-state index is 0.00613. The van der Waals surface area contributed by atoms with E-state index >= 15 is 0 Å². The predicted molar refractivity (Wildman–Crippen MR) is 66.6 cm³/mol. The quantitative estimate of drug-likeness (QED) is 0.682. The Balaban J connectivity index is 1.62. The van der Waals surface area contributed by atoms with Crippen molar-refractivity contribution in [3.8, 4) is 5.75 Å². The zero-order chi connectivity index (χ0) is 15.2. The van der Waals surface area contributed by atoms with Crippen molar-refractivity contribution in [1.29, 1.82) is 0 Å². The summed E-state index contributed by atoms with van der Waals surface area (Å²) in [7, 11) is 0. The number of hydroxylamine groups is 2. The summed E-state index contributed by atoms with van der Waals surface area (Å²) >= 11 is 0. The Kier molecular flexibility index (Phi) is 4.93. The normalized spacial score (nSPS) is 17.8. The van der Waals surface area contributed by atoms with Crippen LogP contribution >= 0.6 is 0 Å². The summed E-state index contributed by atoms with van der Waals surface area (Å²) in [5.41, 5.74) is 0.645. The molecule has 114 valence electrons. The van der Waals surface area contributed by atoms with E-state index in [1.54, 1.807) is 12.1 Å². The number of phenols is 1. The molecule has 0 aliphatic carbocycles. The van der Waals surface area contributed by atoms with Gasteiger partial charge in [0.1, 0.15) is 12.4 Å². The molecule has 9 nitrogen and oxygen atoms in total. The topological polar surface area (TPSA) is 118 Å². The number of carbonyl (C=O) groups excluding carboxylic acids is 1. The summed E-state index contributed by atoms with van der Waals surface area (Å²) < 4.78 is 4.93. The number of aliphatic carboxylic acids is 1. The van der Waals surface area contributed by atoms with Crippen LogP contribution in [0.5, 0.6) is 5.75 Å². The van der Waals surface area contributed by atoms with Crippen molar-refractivity contribution < 1.29 is 34.2 Å². The molecule has 3 N–H and O–H groups in total. The number of rotatable bonds is 6. The highest BCUT2D eigenvalue weighted by Crippen LogP contribution is 2.13. The first kappa shape index (κ1) is 15.0. The second kappa shape index (κ2) is 6.88. The first-order chi connectivity index (χ1) is 10.0. The lowest BCUT2D eigenvalue weighted by molar-refractivity contribution is -0.458. The van der Waals surface area contributed by atoms with Crippen LogP contribution in [0.3, 0.4) is 0 Å². The van der Waals surface area contributed by atoms with E-state index in [0.717, 1.165) is 5.23 Å². The first-order valence-electron chi connectivity index (χ1n) is 6.03. The molecular formula is C12H14N2O7. The molecule has 1 aromatic rings. The molecule has 0 spiro atoms. The van der Waals surface area contributed by atoms with Gasteiger partial charge in [0.25, 0.3) is 0 Å². The molecule has 1 aliphatic heterocycles.